The van der Waals surface area contributed by atoms with Crippen molar-refractivity contribution in [1.82, 2.24) is 0 Å². The summed E-state index contributed by atoms with van der Waals surface area (Å²) in [4.78, 5) is 3.54. The van der Waals surface area contributed by atoms with E-state index in [1.54, 1.807) is 11.2 Å². The van der Waals surface area contributed by atoms with Crippen LogP contribution >= 0.6 is 0 Å². The summed E-state index contributed by atoms with van der Waals surface area (Å²) in [5, 5.41) is 0. The zero-order valence-electron chi connectivity index (χ0n) is 12.2. The summed E-state index contributed by atoms with van der Waals surface area (Å²) in [7, 11) is 0. The molecule has 0 amide bonds. The molecule has 1 aliphatic heterocycles. The summed E-state index contributed by atoms with van der Waals surface area (Å²) in [5.74, 6) is 3.96. The molecule has 20 heavy (non-hydrogen) atoms. The van der Waals surface area contributed by atoms with Crippen molar-refractivity contribution < 1.29 is 14.2 Å². The molecule has 3 aliphatic rings. The average Bonchev–Trinajstić information content (AvgIpc) is 3.18. The maximum atomic E-state index is 5.47. The topological polar surface area (TPSA) is 22.0 Å². The largest absolute Gasteiger partial charge is 0.463 e. The van der Waals surface area contributed by atoms with E-state index in [4.69, 9.17) is 4.42 Å². The summed E-state index contributed by atoms with van der Waals surface area (Å²) in [5.41, 5.74) is 0. The number of allylic oxidation sites excluding steroid dienone is 2. The average molecular weight is 274 g/mol. The van der Waals surface area contributed by atoms with E-state index in [0.717, 1.165) is 30.1 Å². The van der Waals surface area contributed by atoms with Gasteiger partial charge in [0.2, 0.25) is 0 Å². The SMILES string of the molecule is C1=C[C@H]2C[C@H]1C[C@@H]2C[NH+]1CC[NH+](Cc2ccco2)CC1. The molecule has 1 aromatic rings. The monoisotopic (exact) mass is 274 g/mol. The van der Waals surface area contributed by atoms with Gasteiger partial charge in [-0.2, -0.15) is 0 Å². The van der Waals surface area contributed by atoms with Gasteiger partial charge in [0.1, 0.15) is 32.7 Å². The van der Waals surface area contributed by atoms with Crippen LogP contribution in [0.25, 0.3) is 0 Å². The molecule has 2 heterocycles. The Morgan fingerprint density at radius 1 is 1.05 bits per heavy atom. The highest BCUT2D eigenvalue weighted by Crippen LogP contribution is 2.42. The quantitative estimate of drug-likeness (QED) is 0.728. The van der Waals surface area contributed by atoms with Crippen LogP contribution in [0.15, 0.2) is 35.0 Å². The Bertz CT molecular complexity index is 459. The molecule has 4 rings (SSSR count). The number of nitrogens with one attached hydrogen (secondary N) is 2. The first-order valence-corrected chi connectivity index (χ1v) is 8.24. The van der Waals surface area contributed by atoms with Gasteiger partial charge in [0.15, 0.2) is 5.76 Å². The summed E-state index contributed by atoms with van der Waals surface area (Å²) in [6, 6.07) is 4.10. The second kappa shape index (κ2) is 5.38. The van der Waals surface area contributed by atoms with Gasteiger partial charge in [0.05, 0.1) is 12.8 Å². The van der Waals surface area contributed by atoms with Crippen LogP contribution in [0.3, 0.4) is 0 Å². The van der Waals surface area contributed by atoms with Crippen molar-refractivity contribution in [3.05, 3.63) is 36.3 Å². The second-order valence-electron chi connectivity index (χ2n) is 7.00. The van der Waals surface area contributed by atoms with Crippen LogP contribution in [0, 0.1) is 17.8 Å². The lowest BCUT2D eigenvalue weighted by atomic mass is 9.93. The highest BCUT2D eigenvalue weighted by Gasteiger charge is 2.38. The number of quaternary nitrogens is 2. The lowest BCUT2D eigenvalue weighted by Crippen LogP contribution is -3.27. The first-order chi connectivity index (χ1) is 9.87. The van der Waals surface area contributed by atoms with Crippen molar-refractivity contribution in [1.29, 1.82) is 0 Å². The van der Waals surface area contributed by atoms with Crippen LogP contribution in [0.4, 0.5) is 0 Å². The lowest BCUT2D eigenvalue weighted by molar-refractivity contribution is -1.02. The Morgan fingerprint density at radius 3 is 2.55 bits per heavy atom. The van der Waals surface area contributed by atoms with Crippen molar-refractivity contribution >= 4 is 0 Å². The van der Waals surface area contributed by atoms with Gasteiger partial charge in [0, 0.05) is 5.92 Å². The fourth-order valence-corrected chi connectivity index (χ4v) is 4.50. The van der Waals surface area contributed by atoms with Crippen LogP contribution in [0.1, 0.15) is 18.6 Å². The lowest BCUT2D eigenvalue weighted by Gasteiger charge is -2.32. The molecule has 1 saturated heterocycles. The van der Waals surface area contributed by atoms with Gasteiger partial charge >= 0.3 is 0 Å². The predicted octanol–water partition coefficient (Wildman–Crippen LogP) is -0.225. The maximum Gasteiger partial charge on any atom is 0.157 e. The van der Waals surface area contributed by atoms with Gasteiger partial charge in [-0.15, -0.1) is 0 Å². The summed E-state index contributed by atoms with van der Waals surface area (Å²) in [6.45, 7) is 7.76. The summed E-state index contributed by atoms with van der Waals surface area (Å²) >= 11 is 0. The Morgan fingerprint density at radius 2 is 1.90 bits per heavy atom. The molecule has 0 unspecified atom stereocenters. The fraction of sp³-hybridized carbons (Fsp3) is 0.647. The smallest absolute Gasteiger partial charge is 0.157 e. The maximum absolute atomic E-state index is 5.47. The summed E-state index contributed by atoms with van der Waals surface area (Å²) in [6.07, 6.45) is 9.67. The van der Waals surface area contributed by atoms with E-state index >= 15 is 0 Å². The molecule has 3 atom stereocenters. The predicted molar refractivity (Wildman–Crippen MR) is 77.5 cm³/mol. The first kappa shape index (κ1) is 12.7. The van der Waals surface area contributed by atoms with Crippen LogP contribution in [0.2, 0.25) is 0 Å². The van der Waals surface area contributed by atoms with Gasteiger partial charge in [-0.05, 0) is 36.8 Å². The van der Waals surface area contributed by atoms with Crippen LogP contribution in [-0.2, 0) is 6.54 Å². The number of hydrogen-bond acceptors (Lipinski definition) is 1. The normalized spacial score (nSPS) is 39.5. The van der Waals surface area contributed by atoms with Gasteiger partial charge in [0.25, 0.3) is 0 Å². The Labute approximate surface area is 121 Å². The third-order valence-electron chi connectivity index (χ3n) is 5.64. The van der Waals surface area contributed by atoms with E-state index in [2.05, 4.69) is 18.2 Å². The second-order valence-corrected chi connectivity index (χ2v) is 7.00. The molecule has 2 fully saturated rings. The van der Waals surface area contributed by atoms with Crippen molar-refractivity contribution in [3.63, 3.8) is 0 Å². The minimum Gasteiger partial charge on any atom is -0.463 e. The Kier molecular flexibility index (Phi) is 3.41. The standard InChI is InChI=1S/C17H24N2O/c1-2-17(20-9-1)13-19-7-5-18(6-8-19)12-16-11-14-3-4-15(16)10-14/h1-4,9,14-16H,5-8,10-13H2/p+2/t14-,15-,16+/m0/s1. The Hall–Kier alpha value is -1.06. The fourth-order valence-electron chi connectivity index (χ4n) is 4.50. The van der Waals surface area contributed by atoms with Crippen molar-refractivity contribution in [2.75, 3.05) is 32.7 Å². The van der Waals surface area contributed by atoms with E-state index in [1.165, 1.54) is 45.6 Å². The van der Waals surface area contributed by atoms with E-state index in [9.17, 15) is 0 Å². The van der Waals surface area contributed by atoms with Crippen molar-refractivity contribution in [2.24, 2.45) is 17.8 Å². The van der Waals surface area contributed by atoms with Crippen LogP contribution in [0.5, 0.6) is 0 Å². The molecule has 3 heteroatoms. The molecule has 108 valence electrons. The molecule has 0 aromatic carbocycles. The molecule has 1 saturated carbocycles. The molecular weight excluding hydrogens is 248 g/mol. The van der Waals surface area contributed by atoms with E-state index in [1.807, 2.05) is 11.0 Å². The zero-order chi connectivity index (χ0) is 13.4. The molecular formula is C17H26N2O+2. The van der Waals surface area contributed by atoms with Crippen molar-refractivity contribution in [2.45, 2.75) is 19.4 Å². The minimum absolute atomic E-state index is 0.918. The van der Waals surface area contributed by atoms with Gasteiger partial charge < -0.3 is 14.2 Å². The molecule has 2 aliphatic carbocycles. The molecule has 2 bridgehead atoms. The van der Waals surface area contributed by atoms with E-state index < -0.39 is 0 Å². The highest BCUT2D eigenvalue weighted by molar-refractivity contribution is 5.09. The van der Waals surface area contributed by atoms with Crippen LogP contribution in [-0.4, -0.2) is 32.7 Å². The third-order valence-corrected chi connectivity index (χ3v) is 5.64. The minimum atomic E-state index is 0.918. The first-order valence-electron chi connectivity index (χ1n) is 8.24. The number of hydrogen-bond donors (Lipinski definition) is 2. The van der Waals surface area contributed by atoms with E-state index in [-0.39, 0.29) is 0 Å². The van der Waals surface area contributed by atoms with E-state index in [0.29, 0.717) is 0 Å². The Balaban J connectivity index is 1.24. The molecule has 2 N–H and O–H groups in total. The molecule has 0 radical (unpaired) electrons. The molecule has 3 nitrogen and oxygen atoms in total. The molecule has 0 spiro atoms. The van der Waals surface area contributed by atoms with Crippen LogP contribution < -0.4 is 9.80 Å². The number of furan rings is 1. The van der Waals surface area contributed by atoms with Gasteiger partial charge in [-0.25, -0.2) is 0 Å². The molecule has 1 aromatic heterocycles. The number of rotatable bonds is 4. The number of fused-ring (bicyclic) bond motifs is 2. The summed E-state index contributed by atoms with van der Waals surface area (Å²) < 4.78 is 5.47. The highest BCUT2D eigenvalue weighted by atomic mass is 16.3. The third kappa shape index (κ3) is 2.57. The van der Waals surface area contributed by atoms with Gasteiger partial charge in [-0.3, -0.25) is 0 Å². The zero-order valence-corrected chi connectivity index (χ0v) is 12.2. The van der Waals surface area contributed by atoms with Gasteiger partial charge in [-0.1, -0.05) is 12.2 Å². The van der Waals surface area contributed by atoms with Crippen molar-refractivity contribution in [3.8, 4) is 0 Å². The number of piperazine rings is 1.